The van der Waals surface area contributed by atoms with Gasteiger partial charge in [0.05, 0.1) is 19.6 Å². The Bertz CT molecular complexity index is 329. The molecule has 0 amide bonds. The molecule has 0 radical (unpaired) electrons. The SMILES string of the molecule is COc1ccc(COC(=O)CC(C)O)cc1. The van der Waals surface area contributed by atoms with Crippen LogP contribution in [0, 0.1) is 0 Å². The van der Waals surface area contributed by atoms with Crippen LogP contribution in [0.25, 0.3) is 0 Å². The van der Waals surface area contributed by atoms with Crippen molar-refractivity contribution in [2.24, 2.45) is 0 Å². The summed E-state index contributed by atoms with van der Waals surface area (Å²) < 4.78 is 9.98. The number of carbonyl (C=O) groups is 1. The number of hydrogen-bond acceptors (Lipinski definition) is 4. The van der Waals surface area contributed by atoms with Crippen LogP contribution in [0.5, 0.6) is 5.75 Å². The first-order chi connectivity index (χ1) is 7.61. The number of aliphatic hydroxyl groups is 1. The fourth-order valence-electron chi connectivity index (χ4n) is 1.19. The Morgan fingerprint density at radius 2 is 2.00 bits per heavy atom. The topological polar surface area (TPSA) is 55.8 Å². The van der Waals surface area contributed by atoms with Crippen LogP contribution in [0.1, 0.15) is 18.9 Å². The minimum absolute atomic E-state index is 0.0240. The average Bonchev–Trinajstić information content (AvgIpc) is 2.26. The monoisotopic (exact) mass is 224 g/mol. The molecule has 0 saturated heterocycles. The Morgan fingerprint density at radius 3 is 2.50 bits per heavy atom. The Kier molecular flexibility index (Phi) is 4.79. The van der Waals surface area contributed by atoms with E-state index in [1.54, 1.807) is 26.2 Å². The lowest BCUT2D eigenvalue weighted by Gasteiger charge is -2.06. The molecule has 16 heavy (non-hydrogen) atoms. The summed E-state index contributed by atoms with van der Waals surface area (Å²) in [6.07, 6.45) is -0.640. The van der Waals surface area contributed by atoms with E-state index in [2.05, 4.69) is 0 Å². The molecule has 1 N–H and O–H groups in total. The maximum atomic E-state index is 11.1. The normalized spacial score (nSPS) is 11.9. The van der Waals surface area contributed by atoms with Crippen molar-refractivity contribution < 1.29 is 19.4 Å². The van der Waals surface area contributed by atoms with Gasteiger partial charge in [-0.2, -0.15) is 0 Å². The fraction of sp³-hybridized carbons (Fsp3) is 0.417. The second-order valence-electron chi connectivity index (χ2n) is 3.56. The molecule has 1 rings (SSSR count). The van der Waals surface area contributed by atoms with Crippen LogP contribution >= 0.6 is 0 Å². The number of carbonyl (C=O) groups excluding carboxylic acids is 1. The van der Waals surface area contributed by atoms with Gasteiger partial charge in [-0.05, 0) is 24.6 Å². The first kappa shape index (κ1) is 12.5. The van der Waals surface area contributed by atoms with Crippen molar-refractivity contribution in [2.75, 3.05) is 7.11 Å². The van der Waals surface area contributed by atoms with E-state index in [1.165, 1.54) is 0 Å². The van der Waals surface area contributed by atoms with E-state index < -0.39 is 12.1 Å². The highest BCUT2D eigenvalue weighted by molar-refractivity contribution is 5.69. The van der Waals surface area contributed by atoms with Gasteiger partial charge in [-0.25, -0.2) is 0 Å². The quantitative estimate of drug-likeness (QED) is 0.770. The molecule has 1 aromatic rings. The maximum Gasteiger partial charge on any atom is 0.308 e. The zero-order valence-corrected chi connectivity index (χ0v) is 9.47. The maximum absolute atomic E-state index is 11.1. The number of hydrogen-bond donors (Lipinski definition) is 1. The molecule has 0 aliphatic carbocycles. The highest BCUT2D eigenvalue weighted by Crippen LogP contribution is 2.12. The van der Waals surface area contributed by atoms with E-state index in [-0.39, 0.29) is 13.0 Å². The second kappa shape index (κ2) is 6.12. The van der Waals surface area contributed by atoms with Gasteiger partial charge in [0.2, 0.25) is 0 Å². The number of benzene rings is 1. The standard InChI is InChI=1S/C12H16O4/c1-9(13)7-12(14)16-8-10-3-5-11(15-2)6-4-10/h3-6,9,13H,7-8H2,1-2H3. The zero-order chi connectivity index (χ0) is 12.0. The van der Waals surface area contributed by atoms with Crippen LogP contribution in [0.4, 0.5) is 0 Å². The Hall–Kier alpha value is -1.55. The van der Waals surface area contributed by atoms with Gasteiger partial charge < -0.3 is 14.6 Å². The van der Waals surface area contributed by atoms with E-state index in [4.69, 9.17) is 14.6 Å². The van der Waals surface area contributed by atoms with Crippen LogP contribution in [-0.2, 0) is 16.1 Å². The molecule has 0 spiro atoms. The molecule has 1 unspecified atom stereocenters. The highest BCUT2D eigenvalue weighted by Gasteiger charge is 2.07. The molecule has 0 aliphatic rings. The summed E-state index contributed by atoms with van der Waals surface area (Å²) in [6, 6.07) is 7.26. The molecule has 0 heterocycles. The smallest absolute Gasteiger partial charge is 0.308 e. The first-order valence-electron chi connectivity index (χ1n) is 5.08. The van der Waals surface area contributed by atoms with Crippen molar-refractivity contribution in [1.82, 2.24) is 0 Å². The van der Waals surface area contributed by atoms with E-state index >= 15 is 0 Å². The zero-order valence-electron chi connectivity index (χ0n) is 9.47. The minimum atomic E-state index is -0.664. The molecule has 4 nitrogen and oxygen atoms in total. The number of ether oxygens (including phenoxy) is 2. The third-order valence-corrected chi connectivity index (χ3v) is 2.02. The summed E-state index contributed by atoms with van der Waals surface area (Å²) in [5.74, 6) is 0.366. The van der Waals surface area contributed by atoms with E-state index in [9.17, 15) is 4.79 Å². The lowest BCUT2D eigenvalue weighted by Crippen LogP contribution is -2.12. The molecule has 0 fully saturated rings. The number of esters is 1. The van der Waals surface area contributed by atoms with Crippen molar-refractivity contribution in [3.63, 3.8) is 0 Å². The molecule has 4 heteroatoms. The molecular formula is C12H16O4. The summed E-state index contributed by atoms with van der Waals surface area (Å²) in [7, 11) is 1.59. The van der Waals surface area contributed by atoms with Gasteiger partial charge in [-0.15, -0.1) is 0 Å². The van der Waals surface area contributed by atoms with E-state index in [0.29, 0.717) is 0 Å². The molecule has 0 aromatic heterocycles. The first-order valence-corrected chi connectivity index (χ1v) is 5.08. The predicted octanol–water partition coefficient (Wildman–Crippen LogP) is 1.51. The van der Waals surface area contributed by atoms with Crippen molar-refractivity contribution in [3.05, 3.63) is 29.8 Å². The van der Waals surface area contributed by atoms with Crippen molar-refractivity contribution in [1.29, 1.82) is 0 Å². The van der Waals surface area contributed by atoms with Gasteiger partial charge in [0.15, 0.2) is 0 Å². The lowest BCUT2D eigenvalue weighted by molar-refractivity contribution is -0.146. The van der Waals surface area contributed by atoms with E-state index in [0.717, 1.165) is 11.3 Å². The van der Waals surface area contributed by atoms with Gasteiger partial charge in [0.1, 0.15) is 12.4 Å². The van der Waals surface area contributed by atoms with Crippen LogP contribution in [0.2, 0.25) is 0 Å². The Balaban J connectivity index is 2.39. The Morgan fingerprint density at radius 1 is 1.38 bits per heavy atom. The second-order valence-corrected chi connectivity index (χ2v) is 3.56. The molecule has 0 bridgehead atoms. The fourth-order valence-corrected chi connectivity index (χ4v) is 1.19. The van der Waals surface area contributed by atoms with Crippen LogP contribution in [0.3, 0.4) is 0 Å². The summed E-state index contributed by atoms with van der Waals surface area (Å²) in [6.45, 7) is 1.77. The third kappa shape index (κ3) is 4.31. The highest BCUT2D eigenvalue weighted by atomic mass is 16.5. The predicted molar refractivity (Wildman–Crippen MR) is 59.1 cm³/mol. The van der Waals surface area contributed by atoms with Crippen LogP contribution in [0.15, 0.2) is 24.3 Å². The molecular weight excluding hydrogens is 208 g/mol. The van der Waals surface area contributed by atoms with Crippen LogP contribution < -0.4 is 4.74 Å². The molecule has 1 aromatic carbocycles. The third-order valence-electron chi connectivity index (χ3n) is 2.02. The van der Waals surface area contributed by atoms with Crippen molar-refractivity contribution in [2.45, 2.75) is 26.1 Å². The summed E-state index contributed by atoms with van der Waals surface area (Å²) >= 11 is 0. The van der Waals surface area contributed by atoms with Crippen LogP contribution in [-0.4, -0.2) is 24.3 Å². The van der Waals surface area contributed by atoms with Gasteiger partial charge in [-0.3, -0.25) is 4.79 Å². The number of rotatable bonds is 5. The molecule has 0 saturated carbocycles. The number of aliphatic hydroxyl groups excluding tert-OH is 1. The van der Waals surface area contributed by atoms with Crippen molar-refractivity contribution in [3.8, 4) is 5.75 Å². The van der Waals surface area contributed by atoms with Gasteiger partial charge in [0.25, 0.3) is 0 Å². The molecule has 88 valence electrons. The minimum Gasteiger partial charge on any atom is -0.497 e. The lowest BCUT2D eigenvalue weighted by atomic mass is 10.2. The summed E-state index contributed by atoms with van der Waals surface area (Å²) in [4.78, 5) is 11.1. The molecule has 0 aliphatic heterocycles. The average molecular weight is 224 g/mol. The Labute approximate surface area is 94.8 Å². The van der Waals surface area contributed by atoms with Gasteiger partial charge >= 0.3 is 5.97 Å². The number of methoxy groups -OCH3 is 1. The largest absolute Gasteiger partial charge is 0.497 e. The van der Waals surface area contributed by atoms with E-state index in [1.807, 2.05) is 12.1 Å². The molecule has 1 atom stereocenters. The van der Waals surface area contributed by atoms with Crippen molar-refractivity contribution >= 4 is 5.97 Å². The summed E-state index contributed by atoms with van der Waals surface area (Å²) in [5, 5.41) is 8.97. The van der Waals surface area contributed by atoms with Gasteiger partial charge in [0, 0.05) is 0 Å². The summed E-state index contributed by atoms with van der Waals surface area (Å²) in [5.41, 5.74) is 0.889. The van der Waals surface area contributed by atoms with Gasteiger partial charge in [-0.1, -0.05) is 12.1 Å².